The summed E-state index contributed by atoms with van der Waals surface area (Å²) in [6.07, 6.45) is 9.99. The topological polar surface area (TPSA) is 9.23 Å². The van der Waals surface area contributed by atoms with Gasteiger partial charge in [0.2, 0.25) is 0 Å². The Bertz CT molecular complexity index is 294. The van der Waals surface area contributed by atoms with E-state index < -0.39 is 14.5 Å². The molecule has 1 atom stereocenters. The molecule has 0 N–H and O–H groups in total. The second kappa shape index (κ2) is 17.0. The summed E-state index contributed by atoms with van der Waals surface area (Å²) in [5.74, 6) is 3.16. The van der Waals surface area contributed by atoms with Crippen LogP contribution in [0.15, 0.2) is 0 Å². The van der Waals surface area contributed by atoms with Crippen LogP contribution in [-0.4, -0.2) is 56.1 Å². The average molecular weight is 490 g/mol. The van der Waals surface area contributed by atoms with Crippen LogP contribution in [0.4, 0.5) is 0 Å². The molecule has 0 amide bonds. The standard InChI is InChI=1S/C14H32P.C9H22OP.BrH/c1-8-15(9-12(2)3,10-13(4)5)11-14(6)7;1-6-11(7-2,8-3)9(4)10-5;/h12-14H,8-11H2,1-7H3;9H,6-8H2,1-5H3;1H/q2*+1;. The summed E-state index contributed by atoms with van der Waals surface area (Å²) in [5.41, 5.74) is 0. The second-order valence-corrected chi connectivity index (χ2v) is 18.9. The Morgan fingerprint density at radius 2 is 0.889 bits per heavy atom. The molecule has 0 fully saturated rings. The summed E-state index contributed by atoms with van der Waals surface area (Å²) in [4.78, 5) is 0. The van der Waals surface area contributed by atoms with Crippen LogP contribution in [0.1, 0.15) is 76.2 Å². The van der Waals surface area contributed by atoms with E-state index in [0.29, 0.717) is 5.85 Å². The van der Waals surface area contributed by atoms with Crippen LogP contribution >= 0.6 is 31.5 Å². The average Bonchev–Trinajstić information content (AvgIpc) is 2.55. The van der Waals surface area contributed by atoms with Crippen molar-refractivity contribution in [3.8, 4) is 0 Å². The highest BCUT2D eigenvalue weighted by Crippen LogP contribution is 2.62. The molecule has 0 spiro atoms. The lowest BCUT2D eigenvalue weighted by molar-refractivity contribution is 0.180. The van der Waals surface area contributed by atoms with E-state index in [-0.39, 0.29) is 17.0 Å². The van der Waals surface area contributed by atoms with Gasteiger partial charge in [0, 0.05) is 21.6 Å². The number of methoxy groups -OCH3 is 1. The highest BCUT2D eigenvalue weighted by molar-refractivity contribution is 8.93. The molecule has 0 aromatic carbocycles. The smallest absolute Gasteiger partial charge is 0.163 e. The van der Waals surface area contributed by atoms with E-state index in [1.54, 1.807) is 0 Å². The van der Waals surface area contributed by atoms with Gasteiger partial charge in [-0.1, -0.05) is 41.5 Å². The van der Waals surface area contributed by atoms with Gasteiger partial charge in [-0.05, 0) is 52.4 Å². The van der Waals surface area contributed by atoms with Gasteiger partial charge in [-0.25, -0.2) is 0 Å². The maximum atomic E-state index is 5.44. The fourth-order valence-electron chi connectivity index (χ4n) is 4.60. The largest absolute Gasteiger partial charge is 0.347 e. The van der Waals surface area contributed by atoms with E-state index in [9.17, 15) is 0 Å². The summed E-state index contributed by atoms with van der Waals surface area (Å²) < 4.78 is 5.44. The van der Waals surface area contributed by atoms with E-state index in [2.05, 4.69) is 76.2 Å². The maximum Gasteiger partial charge on any atom is 0.163 e. The molecule has 0 aliphatic rings. The Balaban J connectivity index is -0.000000430. The van der Waals surface area contributed by atoms with E-state index in [0.717, 1.165) is 17.8 Å². The molecule has 168 valence electrons. The predicted octanol–water partition coefficient (Wildman–Crippen LogP) is 8.63. The van der Waals surface area contributed by atoms with E-state index in [1.807, 2.05) is 7.11 Å². The van der Waals surface area contributed by atoms with Crippen molar-refractivity contribution in [2.45, 2.75) is 82.0 Å². The summed E-state index contributed by atoms with van der Waals surface area (Å²) in [6, 6.07) is 0. The fourth-order valence-corrected chi connectivity index (χ4v) is 13.8. The van der Waals surface area contributed by atoms with Gasteiger partial charge in [-0.3, -0.25) is 0 Å². The molecule has 1 nitrogen and oxygen atoms in total. The third kappa shape index (κ3) is 13.3. The van der Waals surface area contributed by atoms with Gasteiger partial charge in [0.05, 0.1) is 43.1 Å². The molecule has 0 saturated carbocycles. The lowest BCUT2D eigenvalue weighted by atomic mass is 10.3. The highest BCUT2D eigenvalue weighted by atomic mass is 79.9. The highest BCUT2D eigenvalue weighted by Gasteiger charge is 2.38. The predicted molar refractivity (Wildman–Crippen MR) is 142 cm³/mol. The molecule has 4 heteroatoms. The van der Waals surface area contributed by atoms with E-state index in [1.165, 1.54) is 43.1 Å². The van der Waals surface area contributed by atoms with Crippen molar-refractivity contribution in [1.29, 1.82) is 0 Å². The van der Waals surface area contributed by atoms with Crippen LogP contribution in [0.3, 0.4) is 0 Å². The number of ether oxygens (including phenoxy) is 1. The SMILES string of the molecule is Br.CC[P+](CC(C)C)(CC(C)C)CC(C)C.CC[P+](CC)(CC)C(C)OC. The van der Waals surface area contributed by atoms with Crippen LogP contribution in [0.2, 0.25) is 0 Å². The Hall–Kier alpha value is 1.30. The molecule has 1 unspecified atom stereocenters. The third-order valence-electron chi connectivity index (χ3n) is 5.93. The molecule has 0 aromatic rings. The monoisotopic (exact) mass is 488 g/mol. The number of hydrogen-bond acceptors (Lipinski definition) is 1. The van der Waals surface area contributed by atoms with Crippen LogP contribution < -0.4 is 0 Å². The minimum Gasteiger partial charge on any atom is -0.347 e. The summed E-state index contributed by atoms with van der Waals surface area (Å²) >= 11 is 0. The zero-order chi connectivity index (χ0) is 21.0. The van der Waals surface area contributed by atoms with E-state index in [4.69, 9.17) is 4.74 Å². The Morgan fingerprint density at radius 1 is 0.593 bits per heavy atom. The number of rotatable bonds is 12. The Kier molecular flexibility index (Phi) is 20.8. The normalized spacial score (nSPS) is 13.4. The van der Waals surface area contributed by atoms with Crippen molar-refractivity contribution in [3.05, 3.63) is 0 Å². The zero-order valence-corrected chi connectivity index (χ0v) is 24.5. The quantitative estimate of drug-likeness (QED) is 0.249. The Morgan fingerprint density at radius 3 is 1.00 bits per heavy atom. The van der Waals surface area contributed by atoms with Crippen LogP contribution in [0, 0.1) is 17.8 Å². The van der Waals surface area contributed by atoms with Gasteiger partial charge in [0.15, 0.2) is 5.85 Å². The molecule has 27 heavy (non-hydrogen) atoms. The first-order valence-electron chi connectivity index (χ1n) is 11.2. The van der Waals surface area contributed by atoms with E-state index >= 15 is 0 Å². The van der Waals surface area contributed by atoms with Gasteiger partial charge in [-0.2, -0.15) is 0 Å². The number of hydrogen-bond donors (Lipinski definition) is 0. The molecule has 0 bridgehead atoms. The Labute approximate surface area is 186 Å². The maximum absolute atomic E-state index is 5.44. The van der Waals surface area contributed by atoms with Crippen LogP contribution in [0.25, 0.3) is 0 Å². The van der Waals surface area contributed by atoms with Crippen molar-refractivity contribution in [1.82, 2.24) is 0 Å². The van der Waals surface area contributed by atoms with Gasteiger partial charge in [0.25, 0.3) is 0 Å². The minimum absolute atomic E-state index is 0. The van der Waals surface area contributed by atoms with Crippen LogP contribution in [-0.2, 0) is 4.74 Å². The van der Waals surface area contributed by atoms with Gasteiger partial charge < -0.3 is 4.74 Å². The molecule has 0 saturated heterocycles. The summed E-state index contributed by atoms with van der Waals surface area (Å²) in [5, 5.41) is 0. The van der Waals surface area contributed by atoms with Gasteiger partial charge in [-0.15, -0.1) is 17.0 Å². The van der Waals surface area contributed by atoms with Crippen molar-refractivity contribution in [2.24, 2.45) is 17.8 Å². The molecule has 0 heterocycles. The zero-order valence-electron chi connectivity index (χ0n) is 21.0. The molecular formula is C23H55BrOP2+2. The third-order valence-corrected chi connectivity index (χ3v) is 17.3. The molecular weight excluding hydrogens is 434 g/mol. The molecule has 0 radical (unpaired) electrons. The molecule has 0 aliphatic heterocycles. The first-order valence-corrected chi connectivity index (χ1v) is 16.2. The summed E-state index contributed by atoms with van der Waals surface area (Å²) in [6.45, 7) is 25.9. The summed E-state index contributed by atoms with van der Waals surface area (Å²) in [7, 11) is 0.436. The fraction of sp³-hybridized carbons (Fsp3) is 1.00. The lowest BCUT2D eigenvalue weighted by Crippen LogP contribution is -2.19. The van der Waals surface area contributed by atoms with Gasteiger partial charge >= 0.3 is 0 Å². The van der Waals surface area contributed by atoms with Crippen molar-refractivity contribution in [3.63, 3.8) is 0 Å². The molecule has 0 rings (SSSR count). The second-order valence-electron chi connectivity index (χ2n) is 9.39. The first-order chi connectivity index (χ1) is 12.0. The number of halogens is 1. The van der Waals surface area contributed by atoms with Gasteiger partial charge in [0.1, 0.15) is 0 Å². The minimum atomic E-state index is -0.752. The first kappa shape index (κ1) is 33.0. The van der Waals surface area contributed by atoms with Crippen molar-refractivity contribution in [2.75, 3.05) is 50.2 Å². The molecule has 0 aliphatic carbocycles. The van der Waals surface area contributed by atoms with Crippen molar-refractivity contribution >= 4 is 31.5 Å². The van der Waals surface area contributed by atoms with Crippen molar-refractivity contribution < 1.29 is 4.74 Å². The lowest BCUT2D eigenvalue weighted by Gasteiger charge is -2.31. The van der Waals surface area contributed by atoms with Crippen LogP contribution in [0.5, 0.6) is 0 Å². The molecule has 0 aromatic heterocycles.